The summed E-state index contributed by atoms with van der Waals surface area (Å²) in [6.07, 6.45) is 6.94. The zero-order valence-corrected chi connectivity index (χ0v) is 18.1. The molecule has 0 saturated carbocycles. The van der Waals surface area contributed by atoms with Gasteiger partial charge in [0.25, 0.3) is 0 Å². The Kier molecular flexibility index (Phi) is 9.53. The second-order valence-electron chi connectivity index (χ2n) is 8.32. The van der Waals surface area contributed by atoms with E-state index in [1.54, 1.807) is 9.58 Å². The van der Waals surface area contributed by atoms with Gasteiger partial charge in [0, 0.05) is 31.5 Å². The zero-order valence-electron chi connectivity index (χ0n) is 18.1. The molecule has 0 atom stereocenters. The Morgan fingerprint density at radius 1 is 1.11 bits per heavy atom. The zero-order chi connectivity index (χ0) is 20.4. The summed E-state index contributed by atoms with van der Waals surface area (Å²) in [5.41, 5.74) is 0.844. The maximum absolute atomic E-state index is 12.5. The minimum absolute atomic E-state index is 0.0730. The fourth-order valence-electron chi connectivity index (χ4n) is 2.91. The van der Waals surface area contributed by atoms with Gasteiger partial charge in [-0.1, -0.05) is 60.3 Å². The molecule has 0 spiro atoms. The Morgan fingerprint density at radius 2 is 1.78 bits per heavy atom. The van der Waals surface area contributed by atoms with Crippen LogP contribution in [0.5, 0.6) is 0 Å². The van der Waals surface area contributed by atoms with Gasteiger partial charge in [0.2, 0.25) is 11.8 Å². The first-order chi connectivity index (χ1) is 12.7. The van der Waals surface area contributed by atoms with Crippen molar-refractivity contribution < 1.29 is 9.59 Å². The van der Waals surface area contributed by atoms with E-state index in [-0.39, 0.29) is 23.8 Å². The van der Waals surface area contributed by atoms with Gasteiger partial charge >= 0.3 is 0 Å². The predicted octanol–water partition coefficient (Wildman–Crippen LogP) is 4.26. The summed E-state index contributed by atoms with van der Waals surface area (Å²) < 4.78 is 1.68. The second kappa shape index (κ2) is 11.1. The van der Waals surface area contributed by atoms with Gasteiger partial charge in [0.15, 0.2) is 0 Å². The summed E-state index contributed by atoms with van der Waals surface area (Å²) in [7, 11) is 1.82. The van der Waals surface area contributed by atoms with Crippen molar-refractivity contribution in [2.75, 3.05) is 18.4 Å². The number of hydrogen-bond acceptors (Lipinski definition) is 3. The number of unbranched alkanes of at least 4 members (excludes halogenated alkanes) is 4. The highest BCUT2D eigenvalue weighted by Gasteiger charge is 2.21. The van der Waals surface area contributed by atoms with Crippen molar-refractivity contribution in [1.82, 2.24) is 14.7 Å². The number of nitrogens with zero attached hydrogens (tertiary/aromatic N) is 3. The van der Waals surface area contributed by atoms with Crippen molar-refractivity contribution in [1.29, 1.82) is 0 Å². The summed E-state index contributed by atoms with van der Waals surface area (Å²) in [6.45, 7) is 11.2. The van der Waals surface area contributed by atoms with E-state index in [1.807, 2.05) is 20.0 Å². The fourth-order valence-corrected chi connectivity index (χ4v) is 2.91. The molecule has 0 saturated heterocycles. The molecule has 6 nitrogen and oxygen atoms in total. The number of rotatable bonds is 11. The van der Waals surface area contributed by atoms with E-state index in [0.29, 0.717) is 18.8 Å². The van der Waals surface area contributed by atoms with Crippen molar-refractivity contribution in [2.24, 2.45) is 7.05 Å². The third-order valence-electron chi connectivity index (χ3n) is 4.59. The summed E-state index contributed by atoms with van der Waals surface area (Å²) in [4.78, 5) is 26.6. The van der Waals surface area contributed by atoms with Crippen molar-refractivity contribution in [2.45, 2.75) is 85.0 Å². The van der Waals surface area contributed by atoms with Gasteiger partial charge in [-0.3, -0.25) is 14.3 Å². The van der Waals surface area contributed by atoms with Crippen LogP contribution in [0.25, 0.3) is 0 Å². The van der Waals surface area contributed by atoms with Crippen molar-refractivity contribution in [3.63, 3.8) is 0 Å². The van der Waals surface area contributed by atoms with Crippen LogP contribution < -0.4 is 5.32 Å². The average molecular weight is 379 g/mol. The van der Waals surface area contributed by atoms with Crippen LogP contribution in [0.3, 0.4) is 0 Å². The number of carbonyl (C=O) groups excluding carboxylic acids is 2. The Hall–Kier alpha value is -1.85. The number of carbonyl (C=O) groups is 2. The molecule has 0 fully saturated rings. The third kappa shape index (κ3) is 8.14. The van der Waals surface area contributed by atoms with Crippen LogP contribution in [0.15, 0.2) is 6.07 Å². The Bertz CT molecular complexity index is 602. The number of anilines is 1. The average Bonchev–Trinajstić information content (AvgIpc) is 2.95. The van der Waals surface area contributed by atoms with Crippen molar-refractivity contribution in [3.05, 3.63) is 11.8 Å². The third-order valence-corrected chi connectivity index (χ3v) is 4.59. The first-order valence-corrected chi connectivity index (χ1v) is 10.3. The molecule has 0 aliphatic heterocycles. The minimum Gasteiger partial charge on any atom is -0.333 e. The van der Waals surface area contributed by atoms with E-state index in [9.17, 15) is 9.59 Å². The number of aromatic nitrogens is 2. The molecule has 1 aromatic heterocycles. The first-order valence-electron chi connectivity index (χ1n) is 10.3. The Morgan fingerprint density at radius 3 is 2.33 bits per heavy atom. The Labute approximate surface area is 164 Å². The summed E-state index contributed by atoms with van der Waals surface area (Å²) in [5.74, 6) is 0.559. The van der Waals surface area contributed by atoms with Crippen LogP contribution in [0.4, 0.5) is 5.82 Å². The van der Waals surface area contributed by atoms with Gasteiger partial charge in [0.1, 0.15) is 5.82 Å². The highest BCUT2D eigenvalue weighted by atomic mass is 16.2. The molecule has 0 aliphatic rings. The highest BCUT2D eigenvalue weighted by Crippen LogP contribution is 2.23. The van der Waals surface area contributed by atoms with Crippen LogP contribution >= 0.6 is 0 Å². The fraction of sp³-hybridized carbons (Fsp3) is 0.762. The van der Waals surface area contributed by atoms with Crippen LogP contribution in [0.2, 0.25) is 0 Å². The standard InChI is InChI=1S/C21H38N4O2/c1-7-9-10-11-12-13-20(27)25(14-8-2)16-19(26)22-18-15-17(21(3,4)5)23-24(18)6/h15H,7-14,16H2,1-6H3,(H,22,26). The van der Waals surface area contributed by atoms with E-state index in [1.165, 1.54) is 19.3 Å². The topological polar surface area (TPSA) is 67.2 Å². The number of hydrogen-bond donors (Lipinski definition) is 1. The van der Waals surface area contributed by atoms with Gasteiger partial charge < -0.3 is 10.2 Å². The quantitative estimate of drug-likeness (QED) is 0.585. The highest BCUT2D eigenvalue weighted by molar-refractivity contribution is 5.94. The van der Waals surface area contributed by atoms with Gasteiger partial charge in [-0.25, -0.2) is 0 Å². The normalized spacial score (nSPS) is 11.5. The molecule has 1 N–H and O–H groups in total. The van der Waals surface area contributed by atoms with E-state index in [0.717, 1.165) is 25.0 Å². The molecule has 1 rings (SSSR count). The van der Waals surface area contributed by atoms with E-state index >= 15 is 0 Å². The van der Waals surface area contributed by atoms with E-state index in [4.69, 9.17) is 0 Å². The van der Waals surface area contributed by atoms with Gasteiger partial charge in [-0.05, 0) is 12.8 Å². The molecule has 27 heavy (non-hydrogen) atoms. The number of amides is 2. The van der Waals surface area contributed by atoms with Crippen LogP contribution in [-0.4, -0.2) is 39.6 Å². The molecule has 1 aromatic rings. The molecule has 0 radical (unpaired) electrons. The summed E-state index contributed by atoms with van der Waals surface area (Å²) in [5, 5.41) is 7.37. The molecule has 0 bridgehead atoms. The summed E-state index contributed by atoms with van der Waals surface area (Å²) in [6, 6.07) is 1.90. The monoisotopic (exact) mass is 378 g/mol. The van der Waals surface area contributed by atoms with Gasteiger partial charge in [-0.15, -0.1) is 0 Å². The number of aryl methyl sites for hydroxylation is 1. The van der Waals surface area contributed by atoms with E-state index in [2.05, 4.69) is 38.1 Å². The predicted molar refractivity (Wildman–Crippen MR) is 111 cm³/mol. The van der Waals surface area contributed by atoms with Crippen LogP contribution in [0, 0.1) is 0 Å². The molecular weight excluding hydrogens is 340 g/mol. The maximum Gasteiger partial charge on any atom is 0.245 e. The largest absolute Gasteiger partial charge is 0.333 e. The Balaban J connectivity index is 2.60. The molecule has 1 heterocycles. The minimum atomic E-state index is -0.175. The van der Waals surface area contributed by atoms with Crippen LogP contribution in [-0.2, 0) is 22.1 Å². The summed E-state index contributed by atoms with van der Waals surface area (Å²) >= 11 is 0. The molecule has 0 aromatic carbocycles. The number of nitrogens with one attached hydrogen (secondary N) is 1. The first kappa shape index (κ1) is 23.2. The van der Waals surface area contributed by atoms with E-state index < -0.39 is 0 Å². The smallest absolute Gasteiger partial charge is 0.245 e. The molecular formula is C21H38N4O2. The van der Waals surface area contributed by atoms with Crippen LogP contribution in [0.1, 0.15) is 85.3 Å². The molecule has 6 heteroatoms. The lowest BCUT2D eigenvalue weighted by atomic mass is 9.92. The maximum atomic E-state index is 12.5. The van der Waals surface area contributed by atoms with Crippen molar-refractivity contribution >= 4 is 17.6 Å². The second-order valence-corrected chi connectivity index (χ2v) is 8.32. The lowest BCUT2D eigenvalue weighted by Crippen LogP contribution is -2.38. The lowest BCUT2D eigenvalue weighted by molar-refractivity contribution is -0.134. The lowest BCUT2D eigenvalue weighted by Gasteiger charge is -2.21. The molecule has 0 aliphatic carbocycles. The van der Waals surface area contributed by atoms with Gasteiger partial charge in [-0.2, -0.15) is 5.10 Å². The SMILES string of the molecule is CCCCCCCC(=O)N(CCC)CC(=O)Nc1cc(C(C)(C)C)nn1C. The molecule has 0 unspecified atom stereocenters. The molecule has 2 amide bonds. The van der Waals surface area contributed by atoms with Gasteiger partial charge in [0.05, 0.1) is 12.2 Å². The van der Waals surface area contributed by atoms with Crippen molar-refractivity contribution in [3.8, 4) is 0 Å². The molecule has 154 valence electrons.